The highest BCUT2D eigenvalue weighted by Crippen LogP contribution is 2.33. The van der Waals surface area contributed by atoms with Gasteiger partial charge in [0.1, 0.15) is 5.75 Å². The van der Waals surface area contributed by atoms with Crippen molar-refractivity contribution in [1.29, 1.82) is 0 Å². The van der Waals surface area contributed by atoms with Gasteiger partial charge in [-0.1, -0.05) is 37.1 Å². The van der Waals surface area contributed by atoms with E-state index in [-0.39, 0.29) is 10.9 Å². The number of unbranched alkanes of at least 4 members (excludes halogenated alkanes) is 1. The monoisotopic (exact) mass is 448 g/mol. The second kappa shape index (κ2) is 9.24. The fourth-order valence-electron chi connectivity index (χ4n) is 3.40. The number of hydrogen-bond acceptors (Lipinski definition) is 4. The summed E-state index contributed by atoms with van der Waals surface area (Å²) in [5.41, 5.74) is 1.88. The standard InChI is InChI=1S/C25H21ClN2O4/c1-2-3-14-32-18-11-8-16(9-12-18)23(29)27-22-13-10-17(15-21(22)26)28-24(30)19-6-4-5-7-20(19)25(28)31/h4-13,15H,2-3,14H2,1H3,(H,27,29). The van der Waals surface area contributed by atoms with Gasteiger partial charge in [-0.25, -0.2) is 4.90 Å². The fraction of sp³-hybridized carbons (Fsp3) is 0.160. The first-order valence-electron chi connectivity index (χ1n) is 10.3. The van der Waals surface area contributed by atoms with E-state index in [1.54, 1.807) is 60.7 Å². The summed E-state index contributed by atoms with van der Waals surface area (Å²) in [4.78, 5) is 39.0. The van der Waals surface area contributed by atoms with E-state index in [0.717, 1.165) is 17.7 Å². The minimum atomic E-state index is -0.403. The van der Waals surface area contributed by atoms with Gasteiger partial charge in [-0.3, -0.25) is 14.4 Å². The largest absolute Gasteiger partial charge is 0.494 e. The Labute approximate surface area is 190 Å². The molecule has 6 nitrogen and oxygen atoms in total. The molecule has 162 valence electrons. The Kier molecular flexibility index (Phi) is 6.23. The number of nitrogens with one attached hydrogen (secondary N) is 1. The van der Waals surface area contributed by atoms with Crippen LogP contribution in [0.4, 0.5) is 11.4 Å². The molecule has 7 heteroatoms. The molecule has 3 amide bonds. The first-order chi connectivity index (χ1) is 15.5. The number of hydrogen-bond donors (Lipinski definition) is 1. The number of amides is 3. The molecule has 32 heavy (non-hydrogen) atoms. The van der Waals surface area contributed by atoms with Crippen LogP contribution in [0.5, 0.6) is 5.75 Å². The molecule has 0 fully saturated rings. The number of nitrogens with zero attached hydrogens (tertiary/aromatic N) is 1. The highest BCUT2D eigenvalue weighted by Gasteiger charge is 2.36. The molecule has 0 saturated carbocycles. The van der Waals surface area contributed by atoms with Crippen LogP contribution in [0.2, 0.25) is 5.02 Å². The van der Waals surface area contributed by atoms with Crippen molar-refractivity contribution in [3.05, 3.63) is 88.4 Å². The zero-order valence-corrected chi connectivity index (χ0v) is 18.2. The Morgan fingerprint density at radius 2 is 1.62 bits per heavy atom. The molecule has 3 aromatic rings. The second-order valence-electron chi connectivity index (χ2n) is 7.34. The van der Waals surface area contributed by atoms with Gasteiger partial charge in [0.15, 0.2) is 0 Å². The lowest BCUT2D eigenvalue weighted by Crippen LogP contribution is -2.29. The Balaban J connectivity index is 1.47. The highest BCUT2D eigenvalue weighted by atomic mass is 35.5. The third kappa shape index (κ3) is 4.22. The van der Waals surface area contributed by atoms with Crippen molar-refractivity contribution >= 4 is 40.7 Å². The first-order valence-corrected chi connectivity index (χ1v) is 10.7. The van der Waals surface area contributed by atoms with Crippen molar-refractivity contribution in [1.82, 2.24) is 0 Å². The van der Waals surface area contributed by atoms with Gasteiger partial charge in [0.2, 0.25) is 0 Å². The Hall–Kier alpha value is -3.64. The summed E-state index contributed by atoms with van der Waals surface area (Å²) in [5, 5.41) is 2.97. The number of benzene rings is 3. The maximum Gasteiger partial charge on any atom is 0.266 e. The van der Waals surface area contributed by atoms with E-state index in [1.807, 2.05) is 0 Å². The van der Waals surface area contributed by atoms with Crippen molar-refractivity contribution in [3.8, 4) is 5.75 Å². The summed E-state index contributed by atoms with van der Waals surface area (Å²) in [6.45, 7) is 2.73. The van der Waals surface area contributed by atoms with Crippen LogP contribution in [0, 0.1) is 0 Å². The smallest absolute Gasteiger partial charge is 0.266 e. The summed E-state index contributed by atoms with van der Waals surface area (Å²) >= 11 is 6.36. The van der Waals surface area contributed by atoms with Crippen molar-refractivity contribution in [3.63, 3.8) is 0 Å². The SMILES string of the molecule is CCCCOc1ccc(C(=O)Nc2ccc(N3C(=O)c4ccccc4C3=O)cc2Cl)cc1. The van der Waals surface area contributed by atoms with Crippen molar-refractivity contribution in [2.75, 3.05) is 16.8 Å². The molecular weight excluding hydrogens is 428 g/mol. The summed E-state index contributed by atoms with van der Waals surface area (Å²) < 4.78 is 5.61. The minimum absolute atomic E-state index is 0.215. The molecular formula is C25H21ClN2O4. The van der Waals surface area contributed by atoms with Crippen LogP contribution >= 0.6 is 11.6 Å². The number of ether oxygens (including phenoxy) is 1. The maximum absolute atomic E-state index is 12.7. The number of carbonyl (C=O) groups excluding carboxylic acids is 3. The van der Waals surface area contributed by atoms with E-state index in [9.17, 15) is 14.4 Å². The number of carbonyl (C=O) groups is 3. The maximum atomic E-state index is 12.7. The van der Waals surface area contributed by atoms with Gasteiger partial charge in [0.05, 0.1) is 34.1 Å². The van der Waals surface area contributed by atoms with E-state index in [0.29, 0.717) is 40.4 Å². The summed E-state index contributed by atoms with van der Waals surface area (Å²) in [7, 11) is 0. The minimum Gasteiger partial charge on any atom is -0.494 e. The van der Waals surface area contributed by atoms with Gasteiger partial charge in [0.25, 0.3) is 17.7 Å². The first kappa shape index (κ1) is 21.6. The molecule has 0 saturated heterocycles. The Morgan fingerprint density at radius 1 is 0.969 bits per heavy atom. The van der Waals surface area contributed by atoms with Crippen LogP contribution in [0.15, 0.2) is 66.7 Å². The van der Waals surface area contributed by atoms with E-state index < -0.39 is 11.8 Å². The van der Waals surface area contributed by atoms with Crippen LogP contribution in [-0.4, -0.2) is 24.3 Å². The van der Waals surface area contributed by atoms with Crippen molar-refractivity contribution < 1.29 is 19.1 Å². The van der Waals surface area contributed by atoms with E-state index >= 15 is 0 Å². The molecule has 1 N–H and O–H groups in total. The van der Waals surface area contributed by atoms with Crippen molar-refractivity contribution in [2.45, 2.75) is 19.8 Å². The van der Waals surface area contributed by atoms with Crippen LogP contribution in [-0.2, 0) is 0 Å². The lowest BCUT2D eigenvalue weighted by Gasteiger charge is -2.16. The van der Waals surface area contributed by atoms with Crippen LogP contribution < -0.4 is 15.0 Å². The zero-order valence-electron chi connectivity index (χ0n) is 17.4. The molecule has 1 aliphatic heterocycles. The highest BCUT2D eigenvalue weighted by molar-refractivity contribution is 6.37. The van der Waals surface area contributed by atoms with Gasteiger partial charge >= 0.3 is 0 Å². The normalized spacial score (nSPS) is 12.6. The topological polar surface area (TPSA) is 75.7 Å². The average molecular weight is 449 g/mol. The number of fused-ring (bicyclic) bond motifs is 1. The van der Waals surface area contributed by atoms with Crippen LogP contribution in [0.1, 0.15) is 50.8 Å². The third-order valence-electron chi connectivity index (χ3n) is 5.14. The summed E-state index contributed by atoms with van der Waals surface area (Å²) in [6, 6.07) is 18.1. The fourth-order valence-corrected chi connectivity index (χ4v) is 3.62. The summed E-state index contributed by atoms with van der Waals surface area (Å²) in [6.07, 6.45) is 2.02. The molecule has 0 aromatic heterocycles. The molecule has 0 atom stereocenters. The molecule has 4 rings (SSSR count). The third-order valence-corrected chi connectivity index (χ3v) is 5.45. The summed E-state index contributed by atoms with van der Waals surface area (Å²) in [5.74, 6) is -0.432. The molecule has 0 spiro atoms. The molecule has 0 aliphatic carbocycles. The van der Waals surface area contributed by atoms with Gasteiger partial charge in [-0.2, -0.15) is 0 Å². The van der Waals surface area contributed by atoms with Crippen LogP contribution in [0.25, 0.3) is 0 Å². The van der Waals surface area contributed by atoms with Gasteiger partial charge in [-0.15, -0.1) is 0 Å². The van der Waals surface area contributed by atoms with Gasteiger partial charge in [-0.05, 0) is 61.0 Å². The number of anilines is 2. The lowest BCUT2D eigenvalue weighted by molar-refractivity contribution is 0.0924. The van der Waals surface area contributed by atoms with E-state index in [4.69, 9.17) is 16.3 Å². The number of imide groups is 1. The lowest BCUT2D eigenvalue weighted by atomic mass is 10.1. The van der Waals surface area contributed by atoms with Crippen molar-refractivity contribution in [2.24, 2.45) is 0 Å². The Bertz CT molecular complexity index is 1160. The second-order valence-corrected chi connectivity index (χ2v) is 7.74. The molecule has 0 bridgehead atoms. The number of rotatable bonds is 7. The zero-order chi connectivity index (χ0) is 22.7. The molecule has 0 unspecified atom stereocenters. The predicted molar refractivity (Wildman–Crippen MR) is 124 cm³/mol. The molecule has 0 radical (unpaired) electrons. The van der Waals surface area contributed by atoms with Gasteiger partial charge in [0, 0.05) is 5.56 Å². The molecule has 1 heterocycles. The van der Waals surface area contributed by atoms with Crippen LogP contribution in [0.3, 0.4) is 0 Å². The quantitative estimate of drug-likeness (QED) is 0.378. The molecule has 1 aliphatic rings. The van der Waals surface area contributed by atoms with E-state index in [1.165, 1.54) is 6.07 Å². The average Bonchev–Trinajstić information content (AvgIpc) is 3.06. The Morgan fingerprint density at radius 3 is 2.22 bits per heavy atom. The predicted octanol–water partition coefficient (Wildman–Crippen LogP) is 5.57. The number of halogens is 1. The van der Waals surface area contributed by atoms with E-state index in [2.05, 4.69) is 12.2 Å². The van der Waals surface area contributed by atoms with Gasteiger partial charge < -0.3 is 10.1 Å². The molecule has 3 aromatic carbocycles.